The molecule has 0 aliphatic heterocycles. The van der Waals surface area contributed by atoms with E-state index in [0.29, 0.717) is 6.42 Å². The highest BCUT2D eigenvalue weighted by Crippen LogP contribution is 2.03. The van der Waals surface area contributed by atoms with E-state index in [2.05, 4.69) is 9.46 Å². The van der Waals surface area contributed by atoms with Crippen LogP contribution in [-0.2, 0) is 19.6 Å². The van der Waals surface area contributed by atoms with Crippen LogP contribution in [0.15, 0.2) is 0 Å². The number of hydrogen-bond acceptors (Lipinski definition) is 5. The average molecular weight is 239 g/mol. The van der Waals surface area contributed by atoms with Crippen LogP contribution in [0.25, 0.3) is 0 Å². The van der Waals surface area contributed by atoms with Crippen LogP contribution in [0.3, 0.4) is 0 Å². The Labute approximate surface area is 89.7 Å². The minimum atomic E-state index is -3.78. The molecule has 0 aromatic rings. The maximum absolute atomic E-state index is 11.5. The third-order valence-electron chi connectivity index (χ3n) is 2.04. The summed E-state index contributed by atoms with van der Waals surface area (Å²) in [5.41, 5.74) is 0. The van der Waals surface area contributed by atoms with E-state index in [1.165, 1.54) is 6.92 Å². The summed E-state index contributed by atoms with van der Waals surface area (Å²) in [4.78, 5) is 11.0. The Bertz CT molecular complexity index is 296. The van der Waals surface area contributed by atoms with Crippen LogP contribution in [0.2, 0.25) is 0 Å². The van der Waals surface area contributed by atoms with Crippen molar-refractivity contribution in [3.8, 4) is 0 Å². The maximum atomic E-state index is 11.5. The first-order valence-corrected chi connectivity index (χ1v) is 6.13. The average Bonchev–Trinajstić information content (AvgIpc) is 2.23. The molecule has 0 saturated carbocycles. The van der Waals surface area contributed by atoms with Crippen molar-refractivity contribution in [2.75, 3.05) is 13.7 Å². The van der Waals surface area contributed by atoms with Crippen LogP contribution >= 0.6 is 0 Å². The molecule has 2 atom stereocenters. The number of hydrogen-bond donors (Lipinski definition) is 2. The molecule has 1 unspecified atom stereocenters. The Hall–Kier alpha value is -0.660. The highest BCUT2D eigenvalue weighted by Gasteiger charge is 2.30. The van der Waals surface area contributed by atoms with Crippen molar-refractivity contribution in [2.24, 2.45) is 0 Å². The van der Waals surface area contributed by atoms with Gasteiger partial charge < -0.3 is 9.84 Å². The van der Waals surface area contributed by atoms with Crippen molar-refractivity contribution >= 4 is 16.0 Å². The predicted molar refractivity (Wildman–Crippen MR) is 54.7 cm³/mol. The number of rotatable bonds is 6. The van der Waals surface area contributed by atoms with Gasteiger partial charge in [0.1, 0.15) is 0 Å². The van der Waals surface area contributed by atoms with Crippen molar-refractivity contribution in [3.63, 3.8) is 0 Å². The molecule has 0 spiro atoms. The van der Waals surface area contributed by atoms with Crippen LogP contribution in [0, 0.1) is 0 Å². The Morgan fingerprint density at radius 2 is 2.07 bits per heavy atom. The summed E-state index contributed by atoms with van der Waals surface area (Å²) in [6.07, 6.45) is 0.448. The summed E-state index contributed by atoms with van der Waals surface area (Å²) in [6.45, 7) is 2.66. The monoisotopic (exact) mass is 239 g/mol. The molecule has 90 valence electrons. The van der Waals surface area contributed by atoms with E-state index < -0.39 is 27.3 Å². The second kappa shape index (κ2) is 6.04. The summed E-state index contributed by atoms with van der Waals surface area (Å²) >= 11 is 0. The van der Waals surface area contributed by atoms with Crippen LogP contribution in [-0.4, -0.2) is 44.5 Å². The Morgan fingerprint density at radius 3 is 2.40 bits per heavy atom. The molecule has 2 N–H and O–H groups in total. The van der Waals surface area contributed by atoms with Gasteiger partial charge >= 0.3 is 5.97 Å². The fourth-order valence-corrected chi connectivity index (χ4v) is 2.14. The first kappa shape index (κ1) is 14.3. The number of ether oxygens (including phenoxy) is 1. The lowest BCUT2D eigenvalue weighted by Gasteiger charge is -2.17. The molecule has 0 bridgehead atoms. The fraction of sp³-hybridized carbons (Fsp3) is 0.875. The molecular formula is C8H17NO5S. The zero-order valence-electron chi connectivity index (χ0n) is 9.06. The molecule has 0 fully saturated rings. The summed E-state index contributed by atoms with van der Waals surface area (Å²) < 4.78 is 29.6. The SMILES string of the molecule is CC[C@H](CO)NS(=O)(=O)C(C)C(=O)OC. The first-order valence-electron chi connectivity index (χ1n) is 4.58. The van der Waals surface area contributed by atoms with Gasteiger partial charge in [0, 0.05) is 6.04 Å². The topological polar surface area (TPSA) is 92.7 Å². The van der Waals surface area contributed by atoms with Crippen molar-refractivity contribution in [2.45, 2.75) is 31.6 Å². The number of sulfonamides is 1. The van der Waals surface area contributed by atoms with E-state index in [-0.39, 0.29) is 6.61 Å². The highest BCUT2D eigenvalue weighted by molar-refractivity contribution is 7.90. The number of carbonyl (C=O) groups is 1. The molecule has 0 heterocycles. The molecule has 0 aliphatic rings. The van der Waals surface area contributed by atoms with Gasteiger partial charge in [0.05, 0.1) is 13.7 Å². The van der Waals surface area contributed by atoms with Gasteiger partial charge in [-0.2, -0.15) is 0 Å². The molecular weight excluding hydrogens is 222 g/mol. The van der Waals surface area contributed by atoms with Crippen LogP contribution in [0.1, 0.15) is 20.3 Å². The third kappa shape index (κ3) is 4.15. The number of methoxy groups -OCH3 is 1. The lowest BCUT2D eigenvalue weighted by Crippen LogP contribution is -2.44. The quantitative estimate of drug-likeness (QED) is 0.594. The summed E-state index contributed by atoms with van der Waals surface area (Å²) in [7, 11) is -2.66. The Kier molecular flexibility index (Phi) is 5.77. The van der Waals surface area contributed by atoms with Gasteiger partial charge in [0.15, 0.2) is 5.25 Å². The van der Waals surface area contributed by atoms with Crippen molar-refractivity contribution in [3.05, 3.63) is 0 Å². The molecule has 0 aromatic carbocycles. The zero-order chi connectivity index (χ0) is 12.1. The summed E-state index contributed by atoms with van der Waals surface area (Å²) in [5.74, 6) is -0.824. The predicted octanol–water partition coefficient (Wildman–Crippen LogP) is -0.762. The molecule has 0 amide bonds. The van der Waals surface area contributed by atoms with E-state index in [4.69, 9.17) is 5.11 Å². The van der Waals surface area contributed by atoms with Gasteiger partial charge in [-0.05, 0) is 13.3 Å². The Balaban J connectivity index is 4.61. The molecule has 0 saturated heterocycles. The smallest absolute Gasteiger partial charge is 0.325 e. The fourth-order valence-electron chi connectivity index (χ4n) is 0.877. The molecule has 0 rings (SSSR count). The van der Waals surface area contributed by atoms with E-state index >= 15 is 0 Å². The van der Waals surface area contributed by atoms with Gasteiger partial charge in [-0.25, -0.2) is 13.1 Å². The maximum Gasteiger partial charge on any atom is 0.325 e. The lowest BCUT2D eigenvalue weighted by molar-refractivity contribution is -0.139. The molecule has 7 heteroatoms. The van der Waals surface area contributed by atoms with Crippen molar-refractivity contribution < 1.29 is 23.1 Å². The number of carbonyl (C=O) groups excluding carboxylic acids is 1. The highest BCUT2D eigenvalue weighted by atomic mass is 32.2. The minimum absolute atomic E-state index is 0.302. The van der Waals surface area contributed by atoms with Gasteiger partial charge in [0.2, 0.25) is 10.0 Å². The van der Waals surface area contributed by atoms with Crippen LogP contribution in [0.4, 0.5) is 0 Å². The molecule has 0 aromatic heterocycles. The normalized spacial score (nSPS) is 15.7. The summed E-state index contributed by atoms with van der Waals surface area (Å²) in [6, 6.07) is -0.567. The molecule has 0 radical (unpaired) electrons. The first-order chi connectivity index (χ1) is 6.88. The second-order valence-electron chi connectivity index (χ2n) is 3.12. The van der Waals surface area contributed by atoms with E-state index in [9.17, 15) is 13.2 Å². The van der Waals surface area contributed by atoms with Crippen molar-refractivity contribution in [1.29, 1.82) is 0 Å². The van der Waals surface area contributed by atoms with Crippen LogP contribution in [0.5, 0.6) is 0 Å². The summed E-state index contributed by atoms with van der Waals surface area (Å²) in [5, 5.41) is 7.55. The molecule has 15 heavy (non-hydrogen) atoms. The van der Waals surface area contributed by atoms with E-state index in [1.54, 1.807) is 6.92 Å². The molecule has 6 nitrogen and oxygen atoms in total. The van der Waals surface area contributed by atoms with Gasteiger partial charge in [-0.1, -0.05) is 6.92 Å². The van der Waals surface area contributed by atoms with Gasteiger partial charge in [0.25, 0.3) is 0 Å². The van der Waals surface area contributed by atoms with E-state index in [1.807, 2.05) is 0 Å². The van der Waals surface area contributed by atoms with E-state index in [0.717, 1.165) is 7.11 Å². The zero-order valence-corrected chi connectivity index (χ0v) is 9.87. The standard InChI is InChI=1S/C8H17NO5S/c1-4-7(5-10)9-15(12,13)6(2)8(11)14-3/h6-7,9-10H,4-5H2,1-3H3/t6?,7-/m1/s1. The third-order valence-corrected chi connectivity index (χ3v) is 3.83. The number of aliphatic hydroxyl groups is 1. The Morgan fingerprint density at radius 1 is 1.53 bits per heavy atom. The largest absolute Gasteiger partial charge is 0.468 e. The van der Waals surface area contributed by atoms with Gasteiger partial charge in [-0.3, -0.25) is 4.79 Å². The number of nitrogens with one attached hydrogen (secondary N) is 1. The number of esters is 1. The van der Waals surface area contributed by atoms with Gasteiger partial charge in [-0.15, -0.1) is 0 Å². The second-order valence-corrected chi connectivity index (χ2v) is 5.15. The van der Waals surface area contributed by atoms with Crippen molar-refractivity contribution in [1.82, 2.24) is 4.72 Å². The lowest BCUT2D eigenvalue weighted by atomic mass is 10.3. The van der Waals surface area contributed by atoms with Crippen LogP contribution < -0.4 is 4.72 Å². The number of aliphatic hydroxyl groups excluding tert-OH is 1. The molecule has 0 aliphatic carbocycles. The minimum Gasteiger partial charge on any atom is -0.468 e.